The Labute approximate surface area is 123 Å². The van der Waals surface area contributed by atoms with Crippen LogP contribution in [0.25, 0.3) is 11.1 Å². The predicted molar refractivity (Wildman–Crippen MR) is 80.9 cm³/mol. The van der Waals surface area contributed by atoms with Crippen molar-refractivity contribution in [2.45, 2.75) is 25.7 Å². The van der Waals surface area contributed by atoms with Crippen molar-refractivity contribution in [2.75, 3.05) is 6.54 Å². The Kier molecular flexibility index (Phi) is 3.92. The molecule has 0 aliphatic carbocycles. The summed E-state index contributed by atoms with van der Waals surface area (Å²) in [5.41, 5.74) is 10.3. The van der Waals surface area contributed by atoms with Gasteiger partial charge in [-0.3, -0.25) is 0 Å². The van der Waals surface area contributed by atoms with Crippen molar-refractivity contribution in [2.24, 2.45) is 5.73 Å². The van der Waals surface area contributed by atoms with Crippen molar-refractivity contribution in [1.29, 1.82) is 0 Å². The lowest BCUT2D eigenvalue weighted by Crippen LogP contribution is -2.24. The number of fused-ring (bicyclic) bond motifs is 1. The minimum atomic E-state index is -0.0762. The van der Waals surface area contributed by atoms with E-state index in [4.69, 9.17) is 10.5 Å². The maximum Gasteiger partial charge on any atom is 0.130 e. The molecule has 3 rings (SSSR count). The quantitative estimate of drug-likeness (QED) is 0.797. The van der Waals surface area contributed by atoms with E-state index in [2.05, 4.69) is 6.07 Å². The summed E-state index contributed by atoms with van der Waals surface area (Å²) in [5, 5.41) is 18.8. The second-order valence-corrected chi connectivity index (χ2v) is 5.28. The molecule has 0 radical (unpaired) electrons. The smallest absolute Gasteiger partial charge is 0.130 e. The van der Waals surface area contributed by atoms with Gasteiger partial charge in [-0.05, 0) is 22.3 Å². The first-order valence-corrected chi connectivity index (χ1v) is 7.09. The molecule has 2 aromatic rings. The van der Waals surface area contributed by atoms with Crippen molar-refractivity contribution in [3.63, 3.8) is 0 Å². The average molecular weight is 285 g/mol. The molecule has 1 heterocycles. The van der Waals surface area contributed by atoms with E-state index >= 15 is 0 Å². The van der Waals surface area contributed by atoms with Crippen LogP contribution in [-0.4, -0.2) is 22.9 Å². The summed E-state index contributed by atoms with van der Waals surface area (Å²) in [7, 11) is 0. The van der Waals surface area contributed by atoms with Gasteiger partial charge in [-0.1, -0.05) is 36.4 Å². The van der Waals surface area contributed by atoms with E-state index in [-0.39, 0.29) is 19.3 Å². The lowest BCUT2D eigenvalue weighted by Gasteiger charge is -2.14. The summed E-state index contributed by atoms with van der Waals surface area (Å²) in [6, 6.07) is 11.6. The van der Waals surface area contributed by atoms with Crippen LogP contribution in [-0.2, 0) is 19.6 Å². The SMILES string of the molecule is NC[C@H]1Cc2cccc(-c3ccc(CO)cc3CO)c2O1. The van der Waals surface area contributed by atoms with Crippen molar-refractivity contribution in [1.82, 2.24) is 0 Å². The van der Waals surface area contributed by atoms with Gasteiger partial charge in [0.2, 0.25) is 0 Å². The van der Waals surface area contributed by atoms with Crippen LogP contribution in [0, 0.1) is 0 Å². The summed E-state index contributed by atoms with van der Waals surface area (Å²) >= 11 is 0. The predicted octanol–water partition coefficient (Wildman–Crippen LogP) is 1.60. The molecule has 0 bridgehead atoms. The van der Waals surface area contributed by atoms with Crippen LogP contribution in [0.15, 0.2) is 36.4 Å². The van der Waals surface area contributed by atoms with Crippen molar-refractivity contribution in [3.8, 4) is 16.9 Å². The molecule has 0 saturated heterocycles. The molecule has 0 fully saturated rings. The summed E-state index contributed by atoms with van der Waals surface area (Å²) in [4.78, 5) is 0. The van der Waals surface area contributed by atoms with E-state index in [1.165, 1.54) is 0 Å². The van der Waals surface area contributed by atoms with Crippen LogP contribution in [0.4, 0.5) is 0 Å². The molecule has 110 valence electrons. The van der Waals surface area contributed by atoms with Crippen molar-refractivity contribution < 1.29 is 14.9 Å². The molecule has 0 amide bonds. The Balaban J connectivity index is 2.09. The summed E-state index contributed by atoms with van der Waals surface area (Å²) in [6.07, 6.45) is 0.846. The summed E-state index contributed by atoms with van der Waals surface area (Å²) in [5.74, 6) is 0.861. The van der Waals surface area contributed by atoms with Gasteiger partial charge in [-0.15, -0.1) is 0 Å². The molecule has 21 heavy (non-hydrogen) atoms. The van der Waals surface area contributed by atoms with Crippen LogP contribution in [0.5, 0.6) is 5.75 Å². The zero-order valence-electron chi connectivity index (χ0n) is 11.7. The molecule has 4 heteroatoms. The lowest BCUT2D eigenvalue weighted by atomic mass is 9.95. The van der Waals surface area contributed by atoms with Crippen LogP contribution >= 0.6 is 0 Å². The fourth-order valence-corrected chi connectivity index (χ4v) is 2.82. The molecular weight excluding hydrogens is 266 g/mol. The van der Waals surface area contributed by atoms with E-state index in [9.17, 15) is 10.2 Å². The number of aliphatic hydroxyl groups excluding tert-OH is 2. The molecule has 2 aromatic carbocycles. The Morgan fingerprint density at radius 3 is 2.67 bits per heavy atom. The number of para-hydroxylation sites is 1. The summed E-state index contributed by atoms with van der Waals surface area (Å²) in [6.45, 7) is 0.378. The largest absolute Gasteiger partial charge is 0.488 e. The topological polar surface area (TPSA) is 75.7 Å². The molecule has 4 nitrogen and oxygen atoms in total. The first-order valence-electron chi connectivity index (χ1n) is 7.09. The number of ether oxygens (including phenoxy) is 1. The first-order chi connectivity index (χ1) is 10.3. The van der Waals surface area contributed by atoms with Crippen LogP contribution < -0.4 is 10.5 Å². The number of hydrogen-bond donors (Lipinski definition) is 3. The van der Waals surface area contributed by atoms with Crippen molar-refractivity contribution in [3.05, 3.63) is 53.1 Å². The third-order valence-electron chi connectivity index (χ3n) is 3.90. The molecule has 0 spiro atoms. The van der Waals surface area contributed by atoms with Gasteiger partial charge in [0.25, 0.3) is 0 Å². The zero-order valence-corrected chi connectivity index (χ0v) is 11.7. The second kappa shape index (κ2) is 5.85. The maximum absolute atomic E-state index is 9.60. The second-order valence-electron chi connectivity index (χ2n) is 5.28. The number of rotatable bonds is 4. The fraction of sp³-hybridized carbons (Fsp3) is 0.294. The minimum absolute atomic E-state index is 0.0236. The Morgan fingerprint density at radius 2 is 1.95 bits per heavy atom. The van der Waals surface area contributed by atoms with Gasteiger partial charge in [0.1, 0.15) is 11.9 Å². The van der Waals surface area contributed by atoms with E-state index in [0.717, 1.165) is 40.0 Å². The van der Waals surface area contributed by atoms with Crippen LogP contribution in [0.1, 0.15) is 16.7 Å². The minimum Gasteiger partial charge on any atom is -0.488 e. The molecule has 0 saturated carbocycles. The number of nitrogens with two attached hydrogens (primary N) is 1. The number of hydrogen-bond acceptors (Lipinski definition) is 4. The Hall–Kier alpha value is -1.88. The van der Waals surface area contributed by atoms with Gasteiger partial charge in [0, 0.05) is 18.5 Å². The van der Waals surface area contributed by atoms with Gasteiger partial charge in [-0.25, -0.2) is 0 Å². The standard InChI is InChI=1S/C17H19NO3/c18-8-14-7-12-2-1-3-16(17(12)21-14)15-5-4-11(9-19)6-13(15)10-20/h1-6,14,19-20H,7-10,18H2/t14-/m1/s1. The normalized spacial score (nSPS) is 16.6. The Morgan fingerprint density at radius 1 is 1.10 bits per heavy atom. The van der Waals surface area contributed by atoms with Gasteiger partial charge in [-0.2, -0.15) is 0 Å². The molecule has 1 aliphatic heterocycles. The van der Waals surface area contributed by atoms with Crippen molar-refractivity contribution >= 4 is 0 Å². The summed E-state index contributed by atoms with van der Waals surface area (Å²) < 4.78 is 5.94. The third-order valence-corrected chi connectivity index (χ3v) is 3.90. The zero-order chi connectivity index (χ0) is 14.8. The average Bonchev–Trinajstić information content (AvgIpc) is 2.97. The highest BCUT2D eigenvalue weighted by molar-refractivity contribution is 5.76. The van der Waals surface area contributed by atoms with Gasteiger partial charge in [0.05, 0.1) is 13.2 Å². The number of aliphatic hydroxyl groups is 2. The molecule has 4 N–H and O–H groups in total. The lowest BCUT2D eigenvalue weighted by molar-refractivity contribution is 0.242. The van der Waals surface area contributed by atoms with E-state index < -0.39 is 0 Å². The number of benzene rings is 2. The highest BCUT2D eigenvalue weighted by Crippen LogP contribution is 2.40. The van der Waals surface area contributed by atoms with E-state index in [1.54, 1.807) is 0 Å². The van der Waals surface area contributed by atoms with Gasteiger partial charge < -0.3 is 20.7 Å². The molecular formula is C17H19NO3. The monoisotopic (exact) mass is 285 g/mol. The van der Waals surface area contributed by atoms with Gasteiger partial charge in [0.15, 0.2) is 0 Å². The molecule has 0 unspecified atom stereocenters. The highest BCUT2D eigenvalue weighted by atomic mass is 16.5. The van der Waals surface area contributed by atoms with Gasteiger partial charge >= 0.3 is 0 Å². The van der Waals surface area contributed by atoms with E-state index in [1.807, 2.05) is 30.3 Å². The van der Waals surface area contributed by atoms with Crippen LogP contribution in [0.2, 0.25) is 0 Å². The Bertz CT molecular complexity index is 654. The molecule has 0 aromatic heterocycles. The van der Waals surface area contributed by atoms with E-state index in [0.29, 0.717) is 6.54 Å². The molecule has 1 aliphatic rings. The third kappa shape index (κ3) is 2.53. The fourth-order valence-electron chi connectivity index (χ4n) is 2.82. The highest BCUT2D eigenvalue weighted by Gasteiger charge is 2.25. The van der Waals surface area contributed by atoms with Crippen LogP contribution in [0.3, 0.4) is 0 Å². The molecule has 1 atom stereocenters. The first kappa shape index (κ1) is 14.1. The maximum atomic E-state index is 9.60.